The number of aromatic amines is 1. The number of rotatable bonds is 0. The second-order valence-corrected chi connectivity index (χ2v) is 3.19. The Morgan fingerprint density at radius 3 is 2.38 bits per heavy atom. The largest absolute Gasteiger partial charge is 0.358 e. The Morgan fingerprint density at radius 1 is 1.08 bits per heavy atom. The van der Waals surface area contributed by atoms with E-state index in [1.165, 1.54) is 12.1 Å². The second-order valence-electron chi connectivity index (χ2n) is 3.19. The summed E-state index contributed by atoms with van der Waals surface area (Å²) in [4.78, 5) is 2.99. The zero-order valence-corrected chi connectivity index (χ0v) is 7.41. The van der Waals surface area contributed by atoms with Crippen molar-refractivity contribution < 1.29 is 8.78 Å². The molecule has 68 valence electrons. The number of aryl methyl sites for hydroxylation is 2. The predicted octanol–water partition coefficient (Wildman–Crippen LogP) is 3.06. The third-order valence-corrected chi connectivity index (χ3v) is 2.35. The van der Waals surface area contributed by atoms with Gasteiger partial charge in [-0.3, -0.25) is 0 Å². The van der Waals surface area contributed by atoms with Crippen molar-refractivity contribution in [3.63, 3.8) is 0 Å². The SMILES string of the molecule is Cc1[nH]c2cc(F)c(F)cc2c1C. The Balaban J connectivity index is 2.89. The van der Waals surface area contributed by atoms with Crippen molar-refractivity contribution in [3.8, 4) is 0 Å². The normalized spacial score (nSPS) is 11.1. The van der Waals surface area contributed by atoms with Crippen LogP contribution in [0.25, 0.3) is 10.9 Å². The third kappa shape index (κ3) is 1.11. The van der Waals surface area contributed by atoms with E-state index in [9.17, 15) is 8.78 Å². The lowest BCUT2D eigenvalue weighted by molar-refractivity contribution is 0.511. The number of H-pyrrole nitrogens is 1. The van der Waals surface area contributed by atoms with Gasteiger partial charge in [0.25, 0.3) is 0 Å². The molecule has 0 unspecified atom stereocenters. The predicted molar refractivity (Wildman–Crippen MR) is 47.7 cm³/mol. The van der Waals surface area contributed by atoms with Crippen LogP contribution in [0.4, 0.5) is 8.78 Å². The van der Waals surface area contributed by atoms with Crippen LogP contribution in [-0.4, -0.2) is 4.98 Å². The van der Waals surface area contributed by atoms with Crippen LogP contribution in [0, 0.1) is 25.5 Å². The van der Waals surface area contributed by atoms with Gasteiger partial charge in [0.05, 0.1) is 0 Å². The van der Waals surface area contributed by atoms with E-state index >= 15 is 0 Å². The number of fused-ring (bicyclic) bond motifs is 1. The molecule has 2 aromatic rings. The molecule has 0 amide bonds. The van der Waals surface area contributed by atoms with Crippen LogP contribution in [0.2, 0.25) is 0 Å². The molecular weight excluding hydrogens is 172 g/mol. The zero-order chi connectivity index (χ0) is 9.59. The summed E-state index contributed by atoms with van der Waals surface area (Å²) in [6, 6.07) is 2.41. The van der Waals surface area contributed by atoms with E-state index < -0.39 is 11.6 Å². The monoisotopic (exact) mass is 181 g/mol. The smallest absolute Gasteiger partial charge is 0.160 e. The lowest BCUT2D eigenvalue weighted by Crippen LogP contribution is -1.82. The molecule has 0 fully saturated rings. The van der Waals surface area contributed by atoms with Crippen LogP contribution in [0.5, 0.6) is 0 Å². The van der Waals surface area contributed by atoms with Crippen LogP contribution in [0.3, 0.4) is 0 Å². The minimum atomic E-state index is -0.811. The summed E-state index contributed by atoms with van der Waals surface area (Å²) in [5.74, 6) is -1.61. The fraction of sp³-hybridized carbons (Fsp3) is 0.200. The van der Waals surface area contributed by atoms with Gasteiger partial charge in [-0.1, -0.05) is 0 Å². The van der Waals surface area contributed by atoms with E-state index in [2.05, 4.69) is 4.98 Å². The number of hydrogen-bond donors (Lipinski definition) is 1. The molecular formula is C10H9F2N. The number of benzene rings is 1. The van der Waals surface area contributed by atoms with Crippen molar-refractivity contribution in [2.45, 2.75) is 13.8 Å². The average Bonchev–Trinajstić information content (AvgIpc) is 2.32. The Hall–Kier alpha value is -1.38. The molecule has 0 saturated heterocycles. The highest BCUT2D eigenvalue weighted by Crippen LogP contribution is 2.23. The summed E-state index contributed by atoms with van der Waals surface area (Å²) in [6.45, 7) is 3.76. The molecule has 1 aromatic heterocycles. The third-order valence-electron chi connectivity index (χ3n) is 2.35. The minimum absolute atomic E-state index is 0.647. The van der Waals surface area contributed by atoms with Crippen molar-refractivity contribution in [3.05, 3.63) is 35.0 Å². The highest BCUT2D eigenvalue weighted by Gasteiger charge is 2.08. The highest BCUT2D eigenvalue weighted by molar-refractivity contribution is 5.84. The molecule has 2 rings (SSSR count). The zero-order valence-electron chi connectivity index (χ0n) is 7.41. The first-order valence-electron chi connectivity index (χ1n) is 4.03. The van der Waals surface area contributed by atoms with E-state index in [1.807, 2.05) is 13.8 Å². The van der Waals surface area contributed by atoms with Gasteiger partial charge in [0.2, 0.25) is 0 Å². The summed E-state index contributed by atoms with van der Waals surface area (Å²) in [5.41, 5.74) is 2.56. The minimum Gasteiger partial charge on any atom is -0.358 e. The first-order valence-corrected chi connectivity index (χ1v) is 4.03. The second kappa shape index (κ2) is 2.55. The van der Waals surface area contributed by atoms with E-state index in [-0.39, 0.29) is 0 Å². The standard InChI is InChI=1S/C10H9F2N/c1-5-6(2)13-10-4-9(12)8(11)3-7(5)10/h3-4,13H,1-2H3. The van der Waals surface area contributed by atoms with Gasteiger partial charge in [0.1, 0.15) is 0 Å². The van der Waals surface area contributed by atoms with Gasteiger partial charge in [0.15, 0.2) is 11.6 Å². The lowest BCUT2D eigenvalue weighted by atomic mass is 10.1. The average molecular weight is 181 g/mol. The van der Waals surface area contributed by atoms with Gasteiger partial charge in [-0.25, -0.2) is 8.78 Å². The topological polar surface area (TPSA) is 15.8 Å². The molecule has 0 atom stereocenters. The molecule has 13 heavy (non-hydrogen) atoms. The number of hydrogen-bond acceptors (Lipinski definition) is 0. The number of aromatic nitrogens is 1. The van der Waals surface area contributed by atoms with Crippen molar-refractivity contribution in [1.29, 1.82) is 0 Å². The van der Waals surface area contributed by atoms with Gasteiger partial charge >= 0.3 is 0 Å². The Morgan fingerprint density at radius 2 is 1.69 bits per heavy atom. The molecule has 1 N–H and O–H groups in total. The number of nitrogens with one attached hydrogen (secondary N) is 1. The fourth-order valence-corrected chi connectivity index (χ4v) is 1.46. The lowest BCUT2D eigenvalue weighted by Gasteiger charge is -1.93. The molecule has 0 aliphatic rings. The van der Waals surface area contributed by atoms with Crippen molar-refractivity contribution in [2.75, 3.05) is 0 Å². The van der Waals surface area contributed by atoms with Crippen LogP contribution in [0.15, 0.2) is 12.1 Å². The fourth-order valence-electron chi connectivity index (χ4n) is 1.46. The maximum atomic E-state index is 12.8. The van der Waals surface area contributed by atoms with Crippen LogP contribution < -0.4 is 0 Å². The molecule has 1 heterocycles. The van der Waals surface area contributed by atoms with E-state index in [1.54, 1.807) is 0 Å². The molecule has 0 aliphatic heterocycles. The van der Waals surface area contributed by atoms with Gasteiger partial charge in [0, 0.05) is 22.7 Å². The molecule has 0 spiro atoms. The summed E-state index contributed by atoms with van der Waals surface area (Å²) in [6.07, 6.45) is 0. The van der Waals surface area contributed by atoms with Crippen LogP contribution in [0.1, 0.15) is 11.3 Å². The maximum Gasteiger partial charge on any atom is 0.160 e. The summed E-state index contributed by atoms with van der Waals surface area (Å²) in [5, 5.41) is 0.747. The molecule has 0 radical (unpaired) electrons. The summed E-state index contributed by atoms with van der Waals surface area (Å²) < 4.78 is 25.6. The molecule has 0 bridgehead atoms. The molecule has 0 aliphatic carbocycles. The van der Waals surface area contributed by atoms with Gasteiger partial charge < -0.3 is 4.98 Å². The van der Waals surface area contributed by atoms with Gasteiger partial charge in [-0.05, 0) is 25.5 Å². The Bertz CT molecular complexity index is 471. The summed E-state index contributed by atoms with van der Waals surface area (Å²) in [7, 11) is 0. The first kappa shape index (κ1) is 8.23. The van der Waals surface area contributed by atoms with Crippen molar-refractivity contribution in [2.24, 2.45) is 0 Å². The maximum absolute atomic E-state index is 12.8. The van der Waals surface area contributed by atoms with Gasteiger partial charge in [-0.2, -0.15) is 0 Å². The quantitative estimate of drug-likeness (QED) is 0.642. The number of halogens is 2. The van der Waals surface area contributed by atoms with Crippen molar-refractivity contribution >= 4 is 10.9 Å². The molecule has 1 aromatic carbocycles. The van der Waals surface area contributed by atoms with Crippen molar-refractivity contribution in [1.82, 2.24) is 4.98 Å². The molecule has 3 heteroatoms. The van der Waals surface area contributed by atoms with Crippen LogP contribution >= 0.6 is 0 Å². The highest BCUT2D eigenvalue weighted by atomic mass is 19.2. The van der Waals surface area contributed by atoms with Gasteiger partial charge in [-0.15, -0.1) is 0 Å². The van der Waals surface area contributed by atoms with E-state index in [4.69, 9.17) is 0 Å². The van der Waals surface area contributed by atoms with E-state index in [0.29, 0.717) is 5.52 Å². The Labute approximate surface area is 74.4 Å². The Kier molecular flexibility index (Phi) is 1.62. The molecule has 1 nitrogen and oxygen atoms in total. The molecule has 0 saturated carbocycles. The first-order chi connectivity index (χ1) is 6.09. The van der Waals surface area contributed by atoms with Crippen LogP contribution in [-0.2, 0) is 0 Å². The van der Waals surface area contributed by atoms with E-state index in [0.717, 1.165) is 16.6 Å². The summed E-state index contributed by atoms with van der Waals surface area (Å²) >= 11 is 0.